The number of nitrogens with one attached hydrogen (secondary N) is 1. The van der Waals surface area contributed by atoms with Gasteiger partial charge in [0, 0.05) is 12.2 Å². The Morgan fingerprint density at radius 1 is 1.12 bits per heavy atom. The van der Waals surface area contributed by atoms with Crippen LogP contribution in [0.5, 0.6) is 11.5 Å². The average molecular weight is 337 g/mol. The van der Waals surface area contributed by atoms with Crippen LogP contribution in [0.25, 0.3) is 0 Å². The molecule has 1 aromatic carbocycles. The molecule has 0 bridgehead atoms. The monoisotopic (exact) mass is 337 g/mol. The number of hydrogen-bond donors (Lipinski definition) is 2. The predicted molar refractivity (Wildman–Crippen MR) is 83.8 cm³/mol. The van der Waals surface area contributed by atoms with Crippen LogP contribution in [-0.4, -0.2) is 44.3 Å². The molecule has 0 fully saturated rings. The predicted octanol–water partition coefficient (Wildman–Crippen LogP) is 1.06. The van der Waals surface area contributed by atoms with Gasteiger partial charge in [0.25, 0.3) is 0 Å². The number of carbonyl (C=O) groups is 3. The van der Waals surface area contributed by atoms with Crippen molar-refractivity contribution in [2.45, 2.75) is 12.5 Å². The third kappa shape index (κ3) is 5.64. The number of hydrogen-bond acceptors (Lipinski definition) is 6. The maximum absolute atomic E-state index is 11.8. The van der Waals surface area contributed by atoms with Gasteiger partial charge in [0.1, 0.15) is 0 Å². The lowest BCUT2D eigenvalue weighted by Gasteiger charge is -2.19. The smallest absolute Gasteiger partial charge is 0.328 e. The summed E-state index contributed by atoms with van der Waals surface area (Å²) in [5, 5.41) is 11.1. The van der Waals surface area contributed by atoms with E-state index in [0.29, 0.717) is 23.1 Å². The molecule has 1 atom stereocenters. The van der Waals surface area contributed by atoms with Gasteiger partial charge < -0.3 is 24.6 Å². The maximum atomic E-state index is 11.8. The Bertz CT molecular complexity index is 639. The SMILES string of the molecule is COC(=O)CC(NC(=O)/C=C/C(=O)O)c1ccc(OC)c(OC)c1. The summed E-state index contributed by atoms with van der Waals surface area (Å²) < 4.78 is 15.0. The lowest BCUT2D eigenvalue weighted by molar-refractivity contribution is -0.141. The van der Waals surface area contributed by atoms with Gasteiger partial charge in [0.2, 0.25) is 5.91 Å². The zero-order valence-electron chi connectivity index (χ0n) is 13.6. The van der Waals surface area contributed by atoms with E-state index in [1.807, 2.05) is 0 Å². The molecule has 1 aromatic rings. The zero-order valence-corrected chi connectivity index (χ0v) is 13.6. The molecule has 130 valence electrons. The van der Waals surface area contributed by atoms with Gasteiger partial charge in [-0.15, -0.1) is 0 Å². The Labute approximate surface area is 139 Å². The van der Waals surface area contributed by atoms with E-state index < -0.39 is 23.9 Å². The van der Waals surface area contributed by atoms with Crippen LogP contribution in [0.2, 0.25) is 0 Å². The number of methoxy groups -OCH3 is 3. The van der Waals surface area contributed by atoms with Crippen LogP contribution in [0.4, 0.5) is 0 Å². The number of benzene rings is 1. The van der Waals surface area contributed by atoms with Gasteiger partial charge in [-0.1, -0.05) is 6.07 Å². The first kappa shape index (κ1) is 19.0. The topological polar surface area (TPSA) is 111 Å². The van der Waals surface area contributed by atoms with Crippen molar-refractivity contribution in [2.75, 3.05) is 21.3 Å². The molecule has 8 heteroatoms. The third-order valence-corrected chi connectivity index (χ3v) is 3.10. The molecular weight excluding hydrogens is 318 g/mol. The number of carbonyl (C=O) groups excluding carboxylic acids is 2. The summed E-state index contributed by atoms with van der Waals surface area (Å²) in [4.78, 5) is 33.9. The van der Waals surface area contributed by atoms with Crippen molar-refractivity contribution in [3.05, 3.63) is 35.9 Å². The van der Waals surface area contributed by atoms with Crippen molar-refractivity contribution in [1.29, 1.82) is 0 Å². The molecule has 0 heterocycles. The normalized spacial score (nSPS) is 11.6. The summed E-state index contributed by atoms with van der Waals surface area (Å²) in [5.41, 5.74) is 0.579. The second-order valence-electron chi connectivity index (χ2n) is 4.63. The summed E-state index contributed by atoms with van der Waals surface area (Å²) in [5.74, 6) is -1.51. The van der Waals surface area contributed by atoms with Gasteiger partial charge in [0.05, 0.1) is 33.8 Å². The lowest BCUT2D eigenvalue weighted by atomic mass is 10.0. The fourth-order valence-electron chi connectivity index (χ4n) is 1.94. The maximum Gasteiger partial charge on any atom is 0.328 e. The summed E-state index contributed by atoms with van der Waals surface area (Å²) in [6.45, 7) is 0. The molecule has 0 aliphatic rings. The number of carboxylic acid groups (broad SMARTS) is 1. The van der Waals surface area contributed by atoms with Crippen LogP contribution in [0.1, 0.15) is 18.0 Å². The van der Waals surface area contributed by atoms with Gasteiger partial charge in [-0.3, -0.25) is 9.59 Å². The molecule has 0 spiro atoms. The highest BCUT2D eigenvalue weighted by atomic mass is 16.5. The minimum Gasteiger partial charge on any atom is -0.493 e. The van der Waals surface area contributed by atoms with Crippen molar-refractivity contribution >= 4 is 17.8 Å². The first-order chi connectivity index (χ1) is 11.4. The van der Waals surface area contributed by atoms with E-state index in [1.165, 1.54) is 21.3 Å². The van der Waals surface area contributed by atoms with Crippen LogP contribution >= 0.6 is 0 Å². The van der Waals surface area contributed by atoms with Crippen LogP contribution < -0.4 is 14.8 Å². The summed E-state index contributed by atoms with van der Waals surface area (Å²) >= 11 is 0. The van der Waals surface area contributed by atoms with Gasteiger partial charge in [-0.2, -0.15) is 0 Å². The first-order valence-electron chi connectivity index (χ1n) is 6.91. The Hall–Kier alpha value is -3.03. The first-order valence-corrected chi connectivity index (χ1v) is 6.91. The van der Waals surface area contributed by atoms with E-state index in [4.69, 9.17) is 14.6 Å². The molecule has 1 amide bonds. The summed E-state index contributed by atoms with van der Waals surface area (Å²) in [6.07, 6.45) is 1.45. The number of ether oxygens (including phenoxy) is 3. The Morgan fingerprint density at radius 2 is 1.79 bits per heavy atom. The van der Waals surface area contributed by atoms with Crippen molar-refractivity contribution in [2.24, 2.45) is 0 Å². The van der Waals surface area contributed by atoms with Gasteiger partial charge in [0.15, 0.2) is 11.5 Å². The van der Waals surface area contributed by atoms with Crippen LogP contribution in [0, 0.1) is 0 Å². The molecule has 24 heavy (non-hydrogen) atoms. The van der Waals surface area contributed by atoms with Crippen LogP contribution in [0.15, 0.2) is 30.4 Å². The zero-order chi connectivity index (χ0) is 18.1. The summed E-state index contributed by atoms with van der Waals surface area (Å²) in [7, 11) is 4.19. The second kappa shape index (κ2) is 9.19. The molecule has 0 aromatic heterocycles. The van der Waals surface area contributed by atoms with E-state index in [9.17, 15) is 14.4 Å². The van der Waals surface area contributed by atoms with E-state index in [0.717, 1.165) is 6.08 Å². The van der Waals surface area contributed by atoms with Crippen molar-refractivity contribution < 1.29 is 33.7 Å². The van der Waals surface area contributed by atoms with Crippen molar-refractivity contribution in [1.82, 2.24) is 5.32 Å². The lowest BCUT2D eigenvalue weighted by Crippen LogP contribution is -2.29. The van der Waals surface area contributed by atoms with E-state index in [1.54, 1.807) is 18.2 Å². The minimum absolute atomic E-state index is 0.126. The Morgan fingerprint density at radius 3 is 2.33 bits per heavy atom. The van der Waals surface area contributed by atoms with Crippen LogP contribution in [0.3, 0.4) is 0 Å². The Balaban J connectivity index is 3.07. The second-order valence-corrected chi connectivity index (χ2v) is 4.63. The molecule has 0 radical (unpaired) electrons. The van der Waals surface area contributed by atoms with Crippen molar-refractivity contribution in [3.63, 3.8) is 0 Å². The quantitative estimate of drug-likeness (QED) is 0.539. The van der Waals surface area contributed by atoms with E-state index in [2.05, 4.69) is 10.1 Å². The number of rotatable bonds is 8. The van der Waals surface area contributed by atoms with E-state index in [-0.39, 0.29) is 6.42 Å². The number of carboxylic acids is 1. The highest BCUT2D eigenvalue weighted by Gasteiger charge is 2.20. The molecule has 8 nitrogen and oxygen atoms in total. The molecule has 0 aliphatic carbocycles. The number of amides is 1. The standard InChI is InChI=1S/C16H19NO7/c1-22-12-5-4-10(8-13(12)23-2)11(9-16(21)24-3)17-14(18)6-7-15(19)20/h4-8,11H,9H2,1-3H3,(H,17,18)(H,19,20)/b7-6+. The molecule has 0 aliphatic heterocycles. The largest absolute Gasteiger partial charge is 0.493 e. The molecule has 1 unspecified atom stereocenters. The highest BCUT2D eigenvalue weighted by molar-refractivity contribution is 5.94. The van der Waals surface area contributed by atoms with Crippen molar-refractivity contribution in [3.8, 4) is 11.5 Å². The molecule has 0 saturated heterocycles. The fourth-order valence-corrected chi connectivity index (χ4v) is 1.94. The molecule has 2 N–H and O–H groups in total. The molecule has 0 saturated carbocycles. The molecule has 1 rings (SSSR count). The van der Waals surface area contributed by atoms with Gasteiger partial charge >= 0.3 is 11.9 Å². The minimum atomic E-state index is -1.25. The van der Waals surface area contributed by atoms with Gasteiger partial charge in [-0.05, 0) is 17.7 Å². The third-order valence-electron chi connectivity index (χ3n) is 3.10. The average Bonchev–Trinajstić information content (AvgIpc) is 2.58. The van der Waals surface area contributed by atoms with Crippen LogP contribution in [-0.2, 0) is 19.1 Å². The summed E-state index contributed by atoms with van der Waals surface area (Å²) in [6, 6.07) is 4.20. The fraction of sp³-hybridized carbons (Fsp3) is 0.312. The van der Waals surface area contributed by atoms with E-state index >= 15 is 0 Å². The molecular formula is C16H19NO7. The van der Waals surface area contributed by atoms with Gasteiger partial charge in [-0.25, -0.2) is 4.79 Å². The number of esters is 1. The Kier molecular flexibility index (Phi) is 7.28. The highest BCUT2D eigenvalue weighted by Crippen LogP contribution is 2.31. The number of aliphatic carboxylic acids is 1.